The third-order valence-corrected chi connectivity index (χ3v) is 4.19. The zero-order valence-electron chi connectivity index (χ0n) is 11.6. The normalized spacial score (nSPS) is 12.1. The van der Waals surface area contributed by atoms with Gasteiger partial charge in [-0.3, -0.25) is 4.79 Å². The van der Waals surface area contributed by atoms with E-state index < -0.39 is 17.8 Å². The van der Waals surface area contributed by atoms with E-state index >= 15 is 0 Å². The molecule has 2 N–H and O–H groups in total. The maximum atomic E-state index is 13.7. The van der Waals surface area contributed by atoms with E-state index in [4.69, 9.17) is 21.4 Å². The van der Waals surface area contributed by atoms with Gasteiger partial charge in [0.25, 0.3) is 5.91 Å². The lowest BCUT2D eigenvalue weighted by atomic mass is 10.2. The van der Waals surface area contributed by atoms with Gasteiger partial charge in [-0.25, -0.2) is 4.39 Å². The molecule has 1 atom stereocenters. The lowest BCUT2D eigenvalue weighted by molar-refractivity contribution is 0.0295. The van der Waals surface area contributed by atoms with Gasteiger partial charge in [0.2, 0.25) is 0 Å². The highest BCUT2D eigenvalue weighted by atomic mass is 35.5. The number of hydrogen-bond acceptors (Lipinski definition) is 4. The first kappa shape index (κ1) is 16.9. The molecule has 0 fully saturated rings. The van der Waals surface area contributed by atoms with Crippen LogP contribution in [0.4, 0.5) is 4.39 Å². The Bertz CT molecular complexity index is 601. The highest BCUT2D eigenvalue weighted by Gasteiger charge is 2.19. The average Bonchev–Trinajstić information content (AvgIpc) is 3.01. The molecule has 4 nitrogen and oxygen atoms in total. The average molecular weight is 344 g/mol. The van der Waals surface area contributed by atoms with Gasteiger partial charge in [0.15, 0.2) is 0 Å². The molecule has 0 aliphatic carbocycles. The number of aliphatic hydroxyl groups excluding tert-OH is 1. The molecule has 22 heavy (non-hydrogen) atoms. The van der Waals surface area contributed by atoms with Gasteiger partial charge in [0, 0.05) is 11.4 Å². The highest BCUT2D eigenvalue weighted by Crippen LogP contribution is 2.23. The molecular formula is C15H15ClFNO3S. The third-order valence-electron chi connectivity index (χ3n) is 2.91. The fourth-order valence-corrected chi connectivity index (χ4v) is 2.92. The number of carbonyl (C=O) groups excluding carboxylic acids is 1. The van der Waals surface area contributed by atoms with E-state index in [0.717, 1.165) is 4.88 Å². The molecule has 0 bridgehead atoms. The van der Waals surface area contributed by atoms with Crippen molar-refractivity contribution >= 4 is 28.8 Å². The molecular weight excluding hydrogens is 329 g/mol. The van der Waals surface area contributed by atoms with E-state index in [9.17, 15) is 9.18 Å². The predicted octanol–water partition coefficient (Wildman–Crippen LogP) is 3.02. The molecule has 0 spiro atoms. The number of hydrogen-bond donors (Lipinski definition) is 2. The number of nitrogens with one attached hydrogen (secondary N) is 1. The molecule has 0 saturated heterocycles. The van der Waals surface area contributed by atoms with Crippen LogP contribution in [0, 0.1) is 5.82 Å². The standard InChI is InChI=1S/C15H15ClFNO3S/c16-10-3-1-4-11(17)14(10)15(20)18-9-12(21-7-6-19)13-5-2-8-22-13/h1-5,8,12,19H,6-7,9H2,(H,18,20)/t12-/m0/s1. The topological polar surface area (TPSA) is 58.6 Å². The maximum Gasteiger partial charge on any atom is 0.255 e. The van der Waals surface area contributed by atoms with Crippen molar-refractivity contribution < 1.29 is 19.0 Å². The lowest BCUT2D eigenvalue weighted by Crippen LogP contribution is -2.30. The second kappa shape index (κ2) is 8.24. The number of carbonyl (C=O) groups is 1. The molecule has 2 rings (SSSR count). The minimum atomic E-state index is -0.672. The number of benzene rings is 1. The molecule has 118 valence electrons. The van der Waals surface area contributed by atoms with E-state index in [1.54, 1.807) is 0 Å². The van der Waals surface area contributed by atoms with Gasteiger partial charge >= 0.3 is 0 Å². The number of rotatable bonds is 7. The Balaban J connectivity index is 2.04. The summed E-state index contributed by atoms with van der Waals surface area (Å²) >= 11 is 7.34. The molecule has 0 aliphatic heterocycles. The van der Waals surface area contributed by atoms with Crippen molar-refractivity contribution in [3.8, 4) is 0 Å². The molecule has 1 aromatic carbocycles. The van der Waals surface area contributed by atoms with E-state index in [2.05, 4.69) is 5.32 Å². The quantitative estimate of drug-likeness (QED) is 0.812. The summed E-state index contributed by atoms with van der Waals surface area (Å²) in [6, 6.07) is 7.81. The monoisotopic (exact) mass is 343 g/mol. The Labute approximate surface area is 136 Å². The Morgan fingerprint density at radius 2 is 2.23 bits per heavy atom. The number of aliphatic hydroxyl groups is 1. The van der Waals surface area contributed by atoms with E-state index in [1.807, 2.05) is 17.5 Å². The molecule has 2 aromatic rings. The van der Waals surface area contributed by atoms with Crippen LogP contribution in [0.3, 0.4) is 0 Å². The summed E-state index contributed by atoms with van der Waals surface area (Å²) in [6.45, 7) is 0.192. The van der Waals surface area contributed by atoms with Crippen LogP contribution in [0.5, 0.6) is 0 Å². The van der Waals surface area contributed by atoms with Crippen LogP contribution in [0.25, 0.3) is 0 Å². The summed E-state index contributed by atoms with van der Waals surface area (Å²) in [5.74, 6) is -1.27. The van der Waals surface area contributed by atoms with Crippen LogP contribution in [-0.4, -0.2) is 30.8 Å². The summed E-state index contributed by atoms with van der Waals surface area (Å²) in [4.78, 5) is 13.0. The van der Waals surface area contributed by atoms with E-state index in [-0.39, 0.29) is 30.3 Å². The minimum Gasteiger partial charge on any atom is -0.394 e. The van der Waals surface area contributed by atoms with Crippen LogP contribution in [-0.2, 0) is 4.74 Å². The Morgan fingerprint density at radius 1 is 1.41 bits per heavy atom. The summed E-state index contributed by atoms with van der Waals surface area (Å²) in [5.41, 5.74) is -0.184. The van der Waals surface area contributed by atoms with Gasteiger partial charge in [-0.2, -0.15) is 0 Å². The lowest BCUT2D eigenvalue weighted by Gasteiger charge is -2.17. The molecule has 0 saturated carbocycles. The van der Waals surface area contributed by atoms with E-state index in [1.165, 1.54) is 29.5 Å². The Morgan fingerprint density at radius 3 is 2.86 bits per heavy atom. The fraction of sp³-hybridized carbons (Fsp3) is 0.267. The van der Waals surface area contributed by atoms with Crippen molar-refractivity contribution in [1.82, 2.24) is 5.32 Å². The van der Waals surface area contributed by atoms with Gasteiger partial charge in [-0.05, 0) is 23.6 Å². The summed E-state index contributed by atoms with van der Waals surface area (Å²) in [6.07, 6.45) is -0.401. The number of amides is 1. The van der Waals surface area contributed by atoms with Crippen LogP contribution >= 0.6 is 22.9 Å². The van der Waals surface area contributed by atoms with Crippen molar-refractivity contribution in [2.75, 3.05) is 19.8 Å². The third kappa shape index (κ3) is 4.27. The summed E-state index contributed by atoms with van der Waals surface area (Å²) < 4.78 is 19.2. The second-order valence-electron chi connectivity index (χ2n) is 4.41. The molecule has 7 heteroatoms. The van der Waals surface area contributed by atoms with Crippen LogP contribution < -0.4 is 5.32 Å². The first-order valence-corrected chi connectivity index (χ1v) is 7.87. The zero-order chi connectivity index (χ0) is 15.9. The first-order chi connectivity index (χ1) is 10.6. The van der Waals surface area contributed by atoms with Gasteiger partial charge in [-0.15, -0.1) is 11.3 Å². The van der Waals surface area contributed by atoms with Gasteiger partial charge < -0.3 is 15.2 Å². The van der Waals surface area contributed by atoms with Crippen molar-refractivity contribution in [3.05, 3.63) is 57.0 Å². The highest BCUT2D eigenvalue weighted by molar-refractivity contribution is 7.10. The number of ether oxygens (including phenoxy) is 1. The number of thiophene rings is 1. The molecule has 1 heterocycles. The summed E-state index contributed by atoms with van der Waals surface area (Å²) in [5, 5.41) is 13.4. The smallest absolute Gasteiger partial charge is 0.255 e. The largest absolute Gasteiger partial charge is 0.394 e. The Kier molecular flexibility index (Phi) is 6.33. The number of halogens is 2. The molecule has 0 unspecified atom stereocenters. The summed E-state index contributed by atoms with van der Waals surface area (Å²) in [7, 11) is 0. The van der Waals surface area contributed by atoms with Gasteiger partial charge in [-0.1, -0.05) is 23.7 Å². The SMILES string of the molecule is O=C(NC[C@H](OCCO)c1cccs1)c1c(F)cccc1Cl. The molecule has 0 radical (unpaired) electrons. The molecule has 1 amide bonds. The van der Waals surface area contributed by atoms with Crippen LogP contribution in [0.1, 0.15) is 21.3 Å². The zero-order valence-corrected chi connectivity index (χ0v) is 13.2. The fourth-order valence-electron chi connectivity index (χ4n) is 1.90. The predicted molar refractivity (Wildman–Crippen MR) is 83.8 cm³/mol. The molecule has 1 aromatic heterocycles. The van der Waals surface area contributed by atoms with Crippen molar-refractivity contribution in [3.63, 3.8) is 0 Å². The molecule has 0 aliphatic rings. The van der Waals surface area contributed by atoms with Gasteiger partial charge in [0.1, 0.15) is 11.9 Å². The second-order valence-corrected chi connectivity index (χ2v) is 5.79. The Hall–Kier alpha value is -1.47. The minimum absolute atomic E-state index is 0.0569. The first-order valence-electron chi connectivity index (χ1n) is 6.61. The maximum absolute atomic E-state index is 13.7. The van der Waals surface area contributed by atoms with Crippen LogP contribution in [0.2, 0.25) is 5.02 Å². The van der Waals surface area contributed by atoms with Gasteiger partial charge in [0.05, 0.1) is 23.8 Å². The van der Waals surface area contributed by atoms with Crippen molar-refractivity contribution in [1.29, 1.82) is 0 Å². The van der Waals surface area contributed by atoms with E-state index in [0.29, 0.717) is 0 Å². The van der Waals surface area contributed by atoms with Crippen LogP contribution in [0.15, 0.2) is 35.7 Å². The van der Waals surface area contributed by atoms with Crippen molar-refractivity contribution in [2.24, 2.45) is 0 Å². The van der Waals surface area contributed by atoms with Crippen molar-refractivity contribution in [2.45, 2.75) is 6.10 Å².